The van der Waals surface area contributed by atoms with Crippen molar-refractivity contribution < 1.29 is 14.3 Å². The first kappa shape index (κ1) is 21.5. The molecule has 2 aliphatic carbocycles. The number of carbonyl (C=O) groups excluding carboxylic acids is 1. The molecule has 0 spiro atoms. The van der Waals surface area contributed by atoms with Gasteiger partial charge in [-0.15, -0.1) is 0 Å². The molecule has 2 aromatic rings. The molecule has 0 aromatic heterocycles. The van der Waals surface area contributed by atoms with Crippen LogP contribution in [0.5, 0.6) is 5.75 Å². The van der Waals surface area contributed by atoms with Crippen molar-refractivity contribution in [2.45, 2.75) is 57.2 Å². The summed E-state index contributed by atoms with van der Waals surface area (Å²) in [6.07, 6.45) is 7.10. The third-order valence-corrected chi connectivity index (χ3v) is 7.06. The van der Waals surface area contributed by atoms with E-state index < -0.39 is 0 Å². The molecule has 1 N–H and O–H groups in total. The van der Waals surface area contributed by atoms with Gasteiger partial charge in [0.1, 0.15) is 5.75 Å². The predicted molar refractivity (Wildman–Crippen MR) is 125 cm³/mol. The normalized spacial score (nSPS) is 22.0. The number of carbonyl (C=O) groups is 1. The van der Waals surface area contributed by atoms with Crippen molar-refractivity contribution in [1.82, 2.24) is 10.2 Å². The van der Waals surface area contributed by atoms with Crippen LogP contribution in [0.4, 0.5) is 0 Å². The molecule has 1 amide bonds. The number of hydrogen-bond donors (Lipinski definition) is 1. The van der Waals surface area contributed by atoms with Gasteiger partial charge in [-0.3, -0.25) is 4.79 Å². The first-order valence-electron chi connectivity index (χ1n) is 12.1. The van der Waals surface area contributed by atoms with Gasteiger partial charge in [0.2, 0.25) is 0 Å². The Bertz CT molecular complexity index is 932. The van der Waals surface area contributed by atoms with Gasteiger partial charge in [0, 0.05) is 38.3 Å². The number of nitrogens with one attached hydrogen (secondary N) is 1. The quantitative estimate of drug-likeness (QED) is 0.649. The van der Waals surface area contributed by atoms with Gasteiger partial charge in [0.25, 0.3) is 5.91 Å². The Kier molecular flexibility index (Phi) is 6.47. The van der Waals surface area contributed by atoms with Crippen LogP contribution in [0.3, 0.4) is 0 Å². The minimum absolute atomic E-state index is 0.0787. The van der Waals surface area contributed by atoms with Gasteiger partial charge < -0.3 is 19.7 Å². The number of amides is 1. The minimum atomic E-state index is 0.0787. The highest BCUT2D eigenvalue weighted by molar-refractivity contribution is 5.94. The maximum absolute atomic E-state index is 13.1. The lowest BCUT2D eigenvalue weighted by Crippen LogP contribution is -2.37. The summed E-state index contributed by atoms with van der Waals surface area (Å²) < 4.78 is 11.5. The highest BCUT2D eigenvalue weighted by atomic mass is 16.5. The molecular weight excluding hydrogens is 400 g/mol. The van der Waals surface area contributed by atoms with Gasteiger partial charge in [0.05, 0.1) is 12.7 Å². The van der Waals surface area contributed by atoms with E-state index >= 15 is 0 Å². The van der Waals surface area contributed by atoms with E-state index in [1.807, 2.05) is 36.2 Å². The van der Waals surface area contributed by atoms with Crippen LogP contribution in [-0.4, -0.2) is 49.8 Å². The summed E-state index contributed by atoms with van der Waals surface area (Å²) >= 11 is 0. The molecular formula is C27H34N2O3. The molecule has 5 heteroatoms. The molecule has 0 radical (unpaired) electrons. The third kappa shape index (κ3) is 5.16. The van der Waals surface area contributed by atoms with E-state index in [9.17, 15) is 4.79 Å². The highest BCUT2D eigenvalue weighted by Crippen LogP contribution is 2.30. The lowest BCUT2D eigenvalue weighted by molar-refractivity contribution is 0.0737. The fourth-order valence-corrected chi connectivity index (χ4v) is 4.78. The summed E-state index contributed by atoms with van der Waals surface area (Å²) in [5.74, 6) is 1.66. The largest absolute Gasteiger partial charge is 0.493 e. The molecule has 5 rings (SSSR count). The summed E-state index contributed by atoms with van der Waals surface area (Å²) in [4.78, 5) is 15.0. The second kappa shape index (κ2) is 9.63. The molecule has 1 aliphatic heterocycles. The van der Waals surface area contributed by atoms with Gasteiger partial charge in [-0.25, -0.2) is 0 Å². The molecule has 1 saturated heterocycles. The summed E-state index contributed by atoms with van der Waals surface area (Å²) in [6, 6.07) is 14.6. The molecule has 1 saturated carbocycles. The van der Waals surface area contributed by atoms with E-state index in [1.165, 1.54) is 36.0 Å². The maximum atomic E-state index is 13.1. The Balaban J connectivity index is 1.14. The summed E-state index contributed by atoms with van der Waals surface area (Å²) in [5, 5.41) is 3.53. The van der Waals surface area contributed by atoms with Gasteiger partial charge in [-0.05, 0) is 85.4 Å². The zero-order valence-electron chi connectivity index (χ0n) is 19.0. The van der Waals surface area contributed by atoms with E-state index in [0.717, 1.165) is 62.8 Å². The molecule has 32 heavy (non-hydrogen) atoms. The number of ether oxygens (including phenoxy) is 2. The topological polar surface area (TPSA) is 50.8 Å². The highest BCUT2D eigenvalue weighted by Gasteiger charge is 2.28. The SMILES string of the molecule is CN(C(=O)c1ccc(OCC2CC2)cc1)C1Cc2ccc(CNCC3CCCO3)cc2C1. The molecule has 1 heterocycles. The van der Waals surface area contributed by atoms with Crippen LogP contribution in [0.1, 0.15) is 52.7 Å². The molecule has 3 aliphatic rings. The van der Waals surface area contributed by atoms with Crippen LogP contribution in [0.25, 0.3) is 0 Å². The fraction of sp³-hybridized carbons (Fsp3) is 0.519. The van der Waals surface area contributed by atoms with E-state index in [1.54, 1.807) is 0 Å². The van der Waals surface area contributed by atoms with Crippen molar-refractivity contribution in [3.05, 3.63) is 64.7 Å². The number of fused-ring (bicyclic) bond motifs is 1. The second-order valence-electron chi connectivity index (χ2n) is 9.63. The molecule has 2 aromatic carbocycles. The Morgan fingerprint density at radius 3 is 2.66 bits per heavy atom. The van der Waals surface area contributed by atoms with Crippen molar-refractivity contribution in [1.29, 1.82) is 0 Å². The van der Waals surface area contributed by atoms with Gasteiger partial charge in [-0.1, -0.05) is 18.2 Å². The van der Waals surface area contributed by atoms with Crippen molar-refractivity contribution in [2.75, 3.05) is 26.8 Å². The number of hydrogen-bond acceptors (Lipinski definition) is 4. The van der Waals surface area contributed by atoms with E-state index in [4.69, 9.17) is 9.47 Å². The molecule has 170 valence electrons. The van der Waals surface area contributed by atoms with Crippen LogP contribution < -0.4 is 10.1 Å². The van der Waals surface area contributed by atoms with Crippen molar-refractivity contribution in [3.8, 4) is 5.75 Å². The average molecular weight is 435 g/mol. The third-order valence-electron chi connectivity index (χ3n) is 7.06. The van der Waals surface area contributed by atoms with Crippen molar-refractivity contribution in [3.63, 3.8) is 0 Å². The van der Waals surface area contributed by atoms with Gasteiger partial charge >= 0.3 is 0 Å². The van der Waals surface area contributed by atoms with Crippen LogP contribution >= 0.6 is 0 Å². The van der Waals surface area contributed by atoms with Crippen LogP contribution in [0, 0.1) is 5.92 Å². The average Bonchev–Trinajstić information content (AvgIpc) is 3.31. The molecule has 2 unspecified atom stereocenters. The van der Waals surface area contributed by atoms with E-state index in [0.29, 0.717) is 6.10 Å². The number of rotatable bonds is 9. The Hall–Kier alpha value is -2.37. The number of benzene rings is 2. The minimum Gasteiger partial charge on any atom is -0.493 e. The second-order valence-corrected chi connectivity index (χ2v) is 9.63. The van der Waals surface area contributed by atoms with Gasteiger partial charge in [0.15, 0.2) is 0 Å². The standard InChI is InChI=1S/C27H34N2O3/c1-29(27(30)21-8-10-25(11-9-21)32-18-19-4-5-19)24-14-22-7-6-20(13-23(22)15-24)16-28-17-26-3-2-12-31-26/h6-11,13,19,24,26,28H,2-5,12,14-18H2,1H3. The lowest BCUT2D eigenvalue weighted by atomic mass is 10.1. The zero-order chi connectivity index (χ0) is 21.9. The summed E-state index contributed by atoms with van der Waals surface area (Å²) in [6.45, 7) is 3.47. The summed E-state index contributed by atoms with van der Waals surface area (Å²) in [5.41, 5.74) is 4.76. The zero-order valence-corrected chi connectivity index (χ0v) is 19.0. The lowest BCUT2D eigenvalue weighted by Gasteiger charge is -2.24. The maximum Gasteiger partial charge on any atom is 0.253 e. The number of likely N-dealkylation sites (N-methyl/N-ethyl adjacent to an activating group) is 1. The van der Waals surface area contributed by atoms with Crippen molar-refractivity contribution in [2.24, 2.45) is 5.92 Å². The molecule has 2 atom stereocenters. The summed E-state index contributed by atoms with van der Waals surface area (Å²) in [7, 11) is 1.93. The monoisotopic (exact) mass is 434 g/mol. The smallest absolute Gasteiger partial charge is 0.253 e. The van der Waals surface area contributed by atoms with Crippen molar-refractivity contribution >= 4 is 5.91 Å². The molecule has 2 fully saturated rings. The molecule has 0 bridgehead atoms. The van der Waals surface area contributed by atoms with Gasteiger partial charge in [-0.2, -0.15) is 0 Å². The Morgan fingerprint density at radius 2 is 1.91 bits per heavy atom. The van der Waals surface area contributed by atoms with Crippen LogP contribution in [-0.2, 0) is 24.1 Å². The van der Waals surface area contributed by atoms with Crippen LogP contribution in [0.15, 0.2) is 42.5 Å². The van der Waals surface area contributed by atoms with E-state index in [2.05, 4.69) is 23.5 Å². The Morgan fingerprint density at radius 1 is 1.09 bits per heavy atom. The predicted octanol–water partition coefficient (Wildman–Crippen LogP) is 3.98. The van der Waals surface area contributed by atoms with Crippen LogP contribution in [0.2, 0.25) is 0 Å². The van der Waals surface area contributed by atoms with E-state index in [-0.39, 0.29) is 11.9 Å². The molecule has 5 nitrogen and oxygen atoms in total. The number of nitrogens with zero attached hydrogens (tertiary/aromatic N) is 1. The first-order chi connectivity index (χ1) is 15.7. The fourth-order valence-electron chi connectivity index (χ4n) is 4.78. The Labute approximate surface area is 191 Å². The first-order valence-corrected chi connectivity index (χ1v) is 12.1.